The lowest BCUT2D eigenvalue weighted by molar-refractivity contribution is -0.128. The molecule has 0 aromatic heterocycles. The molecule has 6 rings (SSSR count). The number of carbonyl (C=O) groups is 3. The molecule has 3 unspecified atom stereocenters. The maximum atomic E-state index is 13.6. The van der Waals surface area contributed by atoms with Gasteiger partial charge in [-0.2, -0.15) is 0 Å². The van der Waals surface area contributed by atoms with E-state index in [9.17, 15) is 14.4 Å². The Bertz CT molecular complexity index is 1430. The van der Waals surface area contributed by atoms with Crippen LogP contribution < -0.4 is 25.6 Å². The van der Waals surface area contributed by atoms with Crippen molar-refractivity contribution in [2.75, 3.05) is 31.1 Å². The molecule has 4 aliphatic rings. The molecule has 4 amide bonds. The first-order chi connectivity index (χ1) is 20.4. The minimum Gasteiger partial charge on any atom is -0.457 e. The van der Waals surface area contributed by atoms with Crippen molar-refractivity contribution in [2.24, 2.45) is 5.92 Å². The first-order valence-corrected chi connectivity index (χ1v) is 15.3. The van der Waals surface area contributed by atoms with Crippen LogP contribution in [0.1, 0.15) is 24.8 Å². The molecule has 4 atom stereocenters. The number of aryl methyl sites for hydroxylation is 1. The van der Waals surface area contributed by atoms with E-state index in [1.165, 1.54) is 23.9 Å². The number of benzene rings is 2. The molecule has 0 saturated carbocycles. The van der Waals surface area contributed by atoms with Gasteiger partial charge in [-0.15, -0.1) is 0 Å². The SMILES string of the molecule is Cc1cc(Oc2ccccc2)ccc1N1C(=O)NC2=C(C(=O)N[C@@H]3CCCN(C(=O)/C=C/CO)C3)SC3NCCC1C23. The molecule has 4 N–H and O–H groups in total. The van der Waals surface area contributed by atoms with E-state index in [1.807, 2.05) is 60.4 Å². The summed E-state index contributed by atoms with van der Waals surface area (Å²) in [5.41, 5.74) is 2.43. The Hall–Kier alpha value is -3.80. The minimum atomic E-state index is -0.246. The van der Waals surface area contributed by atoms with Crippen LogP contribution in [-0.4, -0.2) is 71.6 Å². The van der Waals surface area contributed by atoms with E-state index in [-0.39, 0.29) is 47.8 Å². The molecular formula is C31H35N5O5S. The van der Waals surface area contributed by atoms with Gasteiger partial charge in [0.25, 0.3) is 5.91 Å². The van der Waals surface area contributed by atoms with E-state index in [2.05, 4.69) is 16.0 Å². The number of aliphatic hydroxyl groups is 1. The number of rotatable bonds is 7. The van der Waals surface area contributed by atoms with E-state index in [4.69, 9.17) is 9.84 Å². The molecule has 42 heavy (non-hydrogen) atoms. The fourth-order valence-corrected chi connectivity index (χ4v) is 7.69. The van der Waals surface area contributed by atoms with Crippen molar-refractivity contribution >= 4 is 35.3 Å². The number of urea groups is 1. The van der Waals surface area contributed by atoms with Crippen LogP contribution in [0, 0.1) is 12.8 Å². The Labute approximate surface area is 249 Å². The van der Waals surface area contributed by atoms with Crippen molar-refractivity contribution in [1.82, 2.24) is 20.9 Å². The molecule has 10 nitrogen and oxygen atoms in total. The smallest absolute Gasteiger partial charge is 0.326 e. The van der Waals surface area contributed by atoms with E-state index in [1.54, 1.807) is 4.90 Å². The van der Waals surface area contributed by atoms with Crippen molar-refractivity contribution in [3.05, 3.63) is 76.8 Å². The van der Waals surface area contributed by atoms with Gasteiger partial charge in [-0.25, -0.2) is 4.79 Å². The molecule has 0 radical (unpaired) electrons. The van der Waals surface area contributed by atoms with Crippen LogP contribution in [0.25, 0.3) is 0 Å². The van der Waals surface area contributed by atoms with Gasteiger partial charge in [0, 0.05) is 42.5 Å². The maximum Gasteiger partial charge on any atom is 0.326 e. The van der Waals surface area contributed by atoms with Crippen molar-refractivity contribution in [2.45, 2.75) is 43.6 Å². The van der Waals surface area contributed by atoms with Crippen LogP contribution in [0.15, 0.2) is 71.3 Å². The Morgan fingerprint density at radius 1 is 1.17 bits per heavy atom. The number of hydrogen-bond acceptors (Lipinski definition) is 7. The van der Waals surface area contributed by atoms with Gasteiger partial charge in [-0.1, -0.05) is 36.0 Å². The fraction of sp³-hybridized carbons (Fsp3) is 0.387. The summed E-state index contributed by atoms with van der Waals surface area (Å²) < 4.78 is 6.00. The summed E-state index contributed by atoms with van der Waals surface area (Å²) in [4.78, 5) is 43.7. The minimum absolute atomic E-state index is 0.0309. The number of hydrogen-bond donors (Lipinski definition) is 4. The van der Waals surface area contributed by atoms with Gasteiger partial charge in [0.15, 0.2) is 0 Å². The molecule has 11 heteroatoms. The van der Waals surface area contributed by atoms with Crippen LogP contribution >= 0.6 is 11.8 Å². The molecule has 4 aliphatic heterocycles. The number of thioether (sulfide) groups is 1. The first-order valence-electron chi connectivity index (χ1n) is 14.4. The number of amides is 4. The molecule has 2 aromatic rings. The van der Waals surface area contributed by atoms with Crippen molar-refractivity contribution in [3.63, 3.8) is 0 Å². The summed E-state index contributed by atoms with van der Waals surface area (Å²) in [6.45, 7) is 3.54. The second-order valence-corrected chi connectivity index (χ2v) is 12.1. The topological polar surface area (TPSA) is 123 Å². The summed E-state index contributed by atoms with van der Waals surface area (Å²) in [7, 11) is 0. The number of likely N-dealkylation sites (tertiary alicyclic amines) is 1. The van der Waals surface area contributed by atoms with Gasteiger partial charge in [0.05, 0.1) is 22.9 Å². The molecule has 3 fully saturated rings. The van der Waals surface area contributed by atoms with Crippen LogP contribution in [0.4, 0.5) is 10.5 Å². The molecule has 4 heterocycles. The van der Waals surface area contributed by atoms with E-state index < -0.39 is 0 Å². The zero-order valence-electron chi connectivity index (χ0n) is 23.4. The number of piperidine rings is 2. The zero-order chi connectivity index (χ0) is 29.2. The van der Waals surface area contributed by atoms with Gasteiger partial charge in [0.2, 0.25) is 5.91 Å². The Morgan fingerprint density at radius 2 is 2.00 bits per heavy atom. The number of anilines is 1. The molecule has 220 valence electrons. The fourth-order valence-electron chi connectivity index (χ4n) is 6.29. The van der Waals surface area contributed by atoms with E-state index in [0.717, 1.165) is 42.8 Å². The first kappa shape index (κ1) is 28.3. The largest absolute Gasteiger partial charge is 0.457 e. The van der Waals surface area contributed by atoms with Gasteiger partial charge < -0.3 is 30.7 Å². The summed E-state index contributed by atoms with van der Waals surface area (Å²) in [6.07, 6.45) is 5.09. The number of aliphatic hydroxyl groups excluding tert-OH is 1. The molecule has 0 bridgehead atoms. The van der Waals surface area contributed by atoms with Gasteiger partial charge >= 0.3 is 6.03 Å². The second-order valence-electron chi connectivity index (χ2n) is 11.0. The molecule has 0 spiro atoms. The van der Waals surface area contributed by atoms with Crippen molar-refractivity contribution in [3.8, 4) is 11.5 Å². The lowest BCUT2D eigenvalue weighted by Gasteiger charge is -2.46. The monoisotopic (exact) mass is 589 g/mol. The highest BCUT2D eigenvalue weighted by atomic mass is 32.2. The van der Waals surface area contributed by atoms with Gasteiger partial charge in [0.1, 0.15) is 11.5 Å². The van der Waals surface area contributed by atoms with Crippen molar-refractivity contribution in [1.29, 1.82) is 0 Å². The third-order valence-corrected chi connectivity index (χ3v) is 9.54. The standard InChI is InChI=1S/C31H35N5O5S/c1-19-17-22(41-21-8-3-2-4-9-21)11-12-23(19)36-24-13-14-32-30-26(24)27(34-31(36)40)28(42-30)29(39)33-20-7-5-15-35(18-20)25(38)10-6-16-37/h2-4,6,8-12,17,20,24,26,30,32,37H,5,7,13-16,18H2,1H3,(H,33,39)(H,34,40)/b10-6+/t20-,24?,26?,30?/m1/s1. The van der Waals surface area contributed by atoms with E-state index in [0.29, 0.717) is 29.4 Å². The summed E-state index contributed by atoms with van der Waals surface area (Å²) >= 11 is 1.47. The Morgan fingerprint density at radius 3 is 2.79 bits per heavy atom. The van der Waals surface area contributed by atoms with Crippen LogP contribution in [-0.2, 0) is 9.59 Å². The third-order valence-electron chi connectivity index (χ3n) is 8.19. The zero-order valence-corrected chi connectivity index (χ0v) is 24.2. The number of nitrogens with one attached hydrogen (secondary N) is 3. The molecule has 0 aliphatic carbocycles. The van der Waals surface area contributed by atoms with Crippen LogP contribution in [0.2, 0.25) is 0 Å². The number of carbonyl (C=O) groups excluding carboxylic acids is 3. The number of para-hydroxylation sites is 1. The molecular weight excluding hydrogens is 554 g/mol. The molecule has 3 saturated heterocycles. The number of nitrogens with zero attached hydrogens (tertiary/aromatic N) is 2. The van der Waals surface area contributed by atoms with Crippen LogP contribution in [0.5, 0.6) is 11.5 Å². The second kappa shape index (κ2) is 12.2. The Kier molecular flexibility index (Phi) is 8.23. The highest BCUT2D eigenvalue weighted by molar-refractivity contribution is 8.04. The predicted octanol–water partition coefficient (Wildman–Crippen LogP) is 3.24. The summed E-state index contributed by atoms with van der Waals surface area (Å²) in [6, 6.07) is 14.8. The summed E-state index contributed by atoms with van der Waals surface area (Å²) in [5, 5.41) is 18.7. The number of ether oxygens (including phenoxy) is 1. The van der Waals surface area contributed by atoms with Gasteiger partial charge in [-0.05, 0) is 68.6 Å². The lowest BCUT2D eigenvalue weighted by Crippen LogP contribution is -2.62. The van der Waals surface area contributed by atoms with Crippen LogP contribution in [0.3, 0.4) is 0 Å². The van der Waals surface area contributed by atoms with Gasteiger partial charge in [-0.3, -0.25) is 14.5 Å². The summed E-state index contributed by atoms with van der Waals surface area (Å²) in [5.74, 6) is 0.993. The maximum absolute atomic E-state index is 13.6. The highest BCUT2D eigenvalue weighted by Gasteiger charge is 2.52. The average Bonchev–Trinajstić information content (AvgIpc) is 3.37. The Balaban J connectivity index is 1.19. The normalized spacial score (nSPS) is 25.3. The average molecular weight is 590 g/mol. The third kappa shape index (κ3) is 5.64. The quantitative estimate of drug-likeness (QED) is 0.366. The van der Waals surface area contributed by atoms with E-state index >= 15 is 0 Å². The molecule has 2 aromatic carbocycles. The lowest BCUT2D eigenvalue weighted by atomic mass is 9.86. The van der Waals surface area contributed by atoms with Crippen molar-refractivity contribution < 1.29 is 24.2 Å². The highest BCUT2D eigenvalue weighted by Crippen LogP contribution is 2.48. The predicted molar refractivity (Wildman–Crippen MR) is 161 cm³/mol.